The predicted molar refractivity (Wildman–Crippen MR) is 111 cm³/mol. The molecule has 2 heterocycles. The molecule has 0 radical (unpaired) electrons. The molecule has 0 aliphatic carbocycles. The van der Waals surface area contributed by atoms with Crippen LogP contribution in [0.3, 0.4) is 0 Å². The zero-order chi connectivity index (χ0) is 20.6. The summed E-state index contributed by atoms with van der Waals surface area (Å²) in [7, 11) is 1.53. The normalized spacial score (nSPS) is 10.3. The van der Waals surface area contributed by atoms with Crippen LogP contribution in [-0.2, 0) is 16.0 Å². The number of rotatable bonds is 8. The fourth-order valence-electron chi connectivity index (χ4n) is 2.70. The Morgan fingerprint density at radius 2 is 2.17 bits per heavy atom. The Hall–Kier alpha value is -3.44. The first-order valence-corrected chi connectivity index (χ1v) is 9.92. The molecule has 148 valence electrons. The molecule has 0 unspecified atom stereocenters. The number of hydrogen-bond acceptors (Lipinski definition) is 6. The molecular weight excluding hydrogens is 388 g/mol. The summed E-state index contributed by atoms with van der Waals surface area (Å²) < 4.78 is 5.26. The van der Waals surface area contributed by atoms with Crippen molar-refractivity contribution in [2.75, 3.05) is 18.5 Å². The Balaban J connectivity index is 1.63. The van der Waals surface area contributed by atoms with E-state index in [4.69, 9.17) is 10.9 Å². The van der Waals surface area contributed by atoms with E-state index in [1.165, 1.54) is 23.3 Å². The van der Waals surface area contributed by atoms with Crippen molar-refractivity contribution < 1.29 is 14.1 Å². The van der Waals surface area contributed by atoms with Crippen LogP contribution in [0.4, 0.5) is 5.69 Å². The Morgan fingerprint density at radius 1 is 1.31 bits per heavy atom. The van der Waals surface area contributed by atoms with Crippen molar-refractivity contribution in [3.8, 4) is 23.0 Å². The van der Waals surface area contributed by atoms with Crippen molar-refractivity contribution >= 4 is 28.8 Å². The first-order valence-electron chi connectivity index (χ1n) is 9.05. The average Bonchev–Trinajstić information content (AvgIpc) is 3.43. The molecule has 8 heteroatoms. The third-order valence-corrected chi connectivity index (χ3v) is 5.06. The Kier molecular flexibility index (Phi) is 6.76. The van der Waals surface area contributed by atoms with E-state index < -0.39 is 0 Å². The molecule has 0 bridgehead atoms. The van der Waals surface area contributed by atoms with Crippen molar-refractivity contribution in [1.82, 2.24) is 15.5 Å². The van der Waals surface area contributed by atoms with Crippen LogP contribution < -0.4 is 10.2 Å². The van der Waals surface area contributed by atoms with Gasteiger partial charge in [-0.05, 0) is 36.1 Å². The number of terminal acetylenes is 1. The zero-order valence-corrected chi connectivity index (χ0v) is 16.7. The summed E-state index contributed by atoms with van der Waals surface area (Å²) in [6.07, 6.45) is 6.67. The lowest BCUT2D eigenvalue weighted by molar-refractivity contribution is -0.123. The molecule has 0 spiro atoms. The Morgan fingerprint density at radius 3 is 2.90 bits per heavy atom. The highest BCUT2D eigenvalue weighted by molar-refractivity contribution is 7.13. The molecule has 0 atom stereocenters. The summed E-state index contributed by atoms with van der Waals surface area (Å²) in [5.41, 5.74) is 1.23. The number of benzene rings is 1. The molecule has 0 saturated heterocycles. The number of aromatic nitrogens is 2. The molecule has 0 aliphatic rings. The summed E-state index contributed by atoms with van der Waals surface area (Å²) in [6.45, 7) is -0.0769. The van der Waals surface area contributed by atoms with Gasteiger partial charge in [0, 0.05) is 31.1 Å². The number of nitrogens with zero attached hydrogens (tertiary/aromatic N) is 3. The fraction of sp³-hybridized carbons (Fsp3) is 0.238. The first-order chi connectivity index (χ1) is 14.1. The SMILES string of the molecule is C#Cc1cccc(N(CC(=O)NC)C(=O)CCCc2nc(-c3cccs3)no2)c1. The maximum absolute atomic E-state index is 12.8. The largest absolute Gasteiger partial charge is 0.358 e. The molecular formula is C21H20N4O3S. The van der Waals surface area contributed by atoms with Crippen molar-refractivity contribution in [3.05, 3.63) is 53.2 Å². The molecule has 29 heavy (non-hydrogen) atoms. The van der Waals surface area contributed by atoms with Crippen molar-refractivity contribution in [1.29, 1.82) is 0 Å². The van der Waals surface area contributed by atoms with Gasteiger partial charge in [-0.15, -0.1) is 17.8 Å². The molecule has 1 aromatic carbocycles. The minimum absolute atomic E-state index is 0.0769. The van der Waals surface area contributed by atoms with Crippen LogP contribution >= 0.6 is 11.3 Å². The van der Waals surface area contributed by atoms with Crippen molar-refractivity contribution in [2.24, 2.45) is 0 Å². The van der Waals surface area contributed by atoms with Gasteiger partial charge in [0.25, 0.3) is 0 Å². The maximum Gasteiger partial charge on any atom is 0.239 e. The van der Waals surface area contributed by atoms with Crippen LogP contribution in [0.15, 0.2) is 46.3 Å². The van der Waals surface area contributed by atoms with Gasteiger partial charge < -0.3 is 14.7 Å². The number of anilines is 1. The number of carbonyl (C=O) groups is 2. The number of carbonyl (C=O) groups excluding carboxylic acids is 2. The lowest BCUT2D eigenvalue weighted by Gasteiger charge is -2.22. The summed E-state index contributed by atoms with van der Waals surface area (Å²) in [5.74, 6) is 3.13. The zero-order valence-electron chi connectivity index (χ0n) is 15.9. The number of hydrogen-bond donors (Lipinski definition) is 1. The molecule has 7 nitrogen and oxygen atoms in total. The van der Waals surface area contributed by atoms with Gasteiger partial charge in [-0.2, -0.15) is 4.98 Å². The number of nitrogens with one attached hydrogen (secondary N) is 1. The minimum atomic E-state index is -0.262. The third-order valence-electron chi connectivity index (χ3n) is 4.20. The van der Waals surface area contributed by atoms with E-state index in [0.29, 0.717) is 35.8 Å². The first kappa shape index (κ1) is 20.3. The van der Waals surface area contributed by atoms with Gasteiger partial charge in [0.05, 0.1) is 4.88 Å². The summed E-state index contributed by atoms with van der Waals surface area (Å²) >= 11 is 1.53. The van der Waals surface area contributed by atoms with Crippen LogP contribution in [-0.4, -0.2) is 35.5 Å². The molecule has 0 saturated carbocycles. The van der Waals surface area contributed by atoms with Gasteiger partial charge in [0.2, 0.25) is 23.5 Å². The van der Waals surface area contributed by atoms with E-state index in [9.17, 15) is 9.59 Å². The molecule has 2 aromatic heterocycles. The van der Waals surface area contributed by atoms with E-state index in [1.807, 2.05) is 17.5 Å². The van der Waals surface area contributed by atoms with Crippen LogP contribution in [0.1, 0.15) is 24.3 Å². The van der Waals surface area contributed by atoms with Crippen LogP contribution in [0, 0.1) is 12.3 Å². The van der Waals surface area contributed by atoms with Crippen LogP contribution in [0.2, 0.25) is 0 Å². The number of aryl methyl sites for hydroxylation is 1. The van der Waals surface area contributed by atoms with E-state index >= 15 is 0 Å². The van der Waals surface area contributed by atoms with Crippen LogP contribution in [0.5, 0.6) is 0 Å². The highest BCUT2D eigenvalue weighted by atomic mass is 32.1. The second-order valence-electron chi connectivity index (χ2n) is 6.19. The fourth-order valence-corrected chi connectivity index (χ4v) is 3.35. The topological polar surface area (TPSA) is 88.3 Å². The van der Waals surface area contributed by atoms with Gasteiger partial charge in [0.1, 0.15) is 6.54 Å². The van der Waals surface area contributed by atoms with E-state index in [1.54, 1.807) is 24.3 Å². The average molecular weight is 408 g/mol. The van der Waals surface area contributed by atoms with Gasteiger partial charge in [-0.25, -0.2) is 0 Å². The molecule has 3 rings (SSSR count). The highest BCUT2D eigenvalue weighted by Crippen LogP contribution is 2.22. The second kappa shape index (κ2) is 9.66. The summed E-state index contributed by atoms with van der Waals surface area (Å²) in [5, 5.41) is 8.45. The van der Waals surface area contributed by atoms with Gasteiger partial charge in [-0.1, -0.05) is 23.2 Å². The molecule has 0 aliphatic heterocycles. The predicted octanol–water partition coefficient (Wildman–Crippen LogP) is 2.88. The van der Waals surface area contributed by atoms with E-state index in [0.717, 1.165) is 4.88 Å². The Labute approximate surface area is 172 Å². The lowest BCUT2D eigenvalue weighted by Crippen LogP contribution is -2.39. The molecule has 1 N–H and O–H groups in total. The molecule has 2 amide bonds. The smallest absolute Gasteiger partial charge is 0.239 e. The number of thiophene rings is 1. The minimum Gasteiger partial charge on any atom is -0.358 e. The molecule has 3 aromatic rings. The van der Waals surface area contributed by atoms with Gasteiger partial charge in [-0.3, -0.25) is 9.59 Å². The summed E-state index contributed by atoms with van der Waals surface area (Å²) in [6, 6.07) is 10.8. The highest BCUT2D eigenvalue weighted by Gasteiger charge is 2.19. The van der Waals surface area contributed by atoms with Crippen LogP contribution in [0.25, 0.3) is 10.7 Å². The third kappa shape index (κ3) is 5.30. The lowest BCUT2D eigenvalue weighted by atomic mass is 10.1. The van der Waals surface area contributed by atoms with Crippen molar-refractivity contribution in [3.63, 3.8) is 0 Å². The number of likely N-dealkylation sites (N-methyl/N-ethyl adjacent to an activating group) is 1. The summed E-state index contributed by atoms with van der Waals surface area (Å²) in [4.78, 5) is 31.4. The number of amides is 2. The quantitative estimate of drug-likeness (QED) is 0.579. The monoisotopic (exact) mass is 408 g/mol. The molecule has 0 fully saturated rings. The second-order valence-corrected chi connectivity index (χ2v) is 7.14. The van der Waals surface area contributed by atoms with E-state index in [2.05, 4.69) is 21.4 Å². The Bertz CT molecular complexity index is 1020. The van der Waals surface area contributed by atoms with Gasteiger partial charge >= 0.3 is 0 Å². The van der Waals surface area contributed by atoms with Crippen molar-refractivity contribution in [2.45, 2.75) is 19.3 Å². The van der Waals surface area contributed by atoms with Gasteiger partial charge in [0.15, 0.2) is 0 Å². The maximum atomic E-state index is 12.8. The standard InChI is InChI=1S/C21H20N4O3S/c1-3-15-7-4-8-16(13-15)25(14-18(26)22-2)20(27)11-5-10-19-23-21(24-28-19)17-9-6-12-29-17/h1,4,6-9,12-13H,5,10-11,14H2,2H3,(H,22,26). The van der Waals surface area contributed by atoms with E-state index in [-0.39, 0.29) is 24.8 Å².